The molecule has 0 saturated heterocycles. The number of aromatic nitrogens is 2. The molecular weight excluding hydrogens is 363 g/mol. The smallest absolute Gasteiger partial charge is 0.357 e. The van der Waals surface area contributed by atoms with Crippen molar-refractivity contribution in [3.05, 3.63) is 25.9 Å². The number of nitrogens with one attached hydrogen (secondary N) is 1. The van der Waals surface area contributed by atoms with Gasteiger partial charge in [-0.25, -0.2) is 4.79 Å². The first-order valence-corrected chi connectivity index (χ1v) is 5.53. The number of fused-ring (bicyclic) bond motifs is 1. The number of carboxylic acids is 1. The third-order valence-corrected chi connectivity index (χ3v) is 3.09. The lowest BCUT2D eigenvalue weighted by Gasteiger charge is -1.96. The van der Waals surface area contributed by atoms with Gasteiger partial charge in [0.05, 0.1) is 5.52 Å². The predicted molar refractivity (Wildman–Crippen MR) is 63.5 cm³/mol. The lowest BCUT2D eigenvalue weighted by atomic mass is 10.2. The van der Waals surface area contributed by atoms with E-state index in [0.29, 0.717) is 5.39 Å². The topological polar surface area (TPSA) is 66.0 Å². The van der Waals surface area contributed by atoms with Gasteiger partial charge in [0, 0.05) is 13.4 Å². The van der Waals surface area contributed by atoms with Crippen LogP contribution in [0.15, 0.2) is 16.6 Å². The van der Waals surface area contributed by atoms with Crippen molar-refractivity contribution in [2.24, 2.45) is 0 Å². The molecular formula is C8H4BrIN2O2. The number of hydrogen-bond donors (Lipinski definition) is 2. The molecule has 72 valence electrons. The van der Waals surface area contributed by atoms with Crippen LogP contribution in [0, 0.1) is 3.57 Å². The van der Waals surface area contributed by atoms with Crippen molar-refractivity contribution in [3.8, 4) is 0 Å². The summed E-state index contributed by atoms with van der Waals surface area (Å²) in [4.78, 5) is 10.8. The summed E-state index contributed by atoms with van der Waals surface area (Å²) in [7, 11) is 0. The van der Waals surface area contributed by atoms with Crippen LogP contribution >= 0.6 is 38.5 Å². The first-order valence-electron chi connectivity index (χ1n) is 3.66. The minimum Gasteiger partial charge on any atom is -0.476 e. The molecule has 0 unspecified atom stereocenters. The molecule has 2 N–H and O–H groups in total. The Kier molecular flexibility index (Phi) is 2.48. The largest absolute Gasteiger partial charge is 0.476 e. The van der Waals surface area contributed by atoms with E-state index in [-0.39, 0.29) is 5.69 Å². The Morgan fingerprint density at radius 1 is 1.57 bits per heavy atom. The molecule has 1 aromatic heterocycles. The molecule has 0 bridgehead atoms. The van der Waals surface area contributed by atoms with E-state index in [2.05, 4.69) is 48.7 Å². The second-order valence-electron chi connectivity index (χ2n) is 2.69. The fourth-order valence-corrected chi connectivity index (χ4v) is 3.00. The van der Waals surface area contributed by atoms with E-state index >= 15 is 0 Å². The van der Waals surface area contributed by atoms with Gasteiger partial charge in [0.25, 0.3) is 0 Å². The molecule has 6 heteroatoms. The molecule has 14 heavy (non-hydrogen) atoms. The number of nitrogens with zero attached hydrogens (tertiary/aromatic N) is 1. The van der Waals surface area contributed by atoms with Crippen LogP contribution in [0.25, 0.3) is 10.9 Å². The highest BCUT2D eigenvalue weighted by Crippen LogP contribution is 2.26. The highest BCUT2D eigenvalue weighted by atomic mass is 127. The zero-order valence-corrected chi connectivity index (χ0v) is 10.5. The molecule has 0 radical (unpaired) electrons. The lowest BCUT2D eigenvalue weighted by Crippen LogP contribution is -1.97. The van der Waals surface area contributed by atoms with Gasteiger partial charge < -0.3 is 5.11 Å². The minimum atomic E-state index is -1.02. The Morgan fingerprint density at radius 2 is 2.29 bits per heavy atom. The Morgan fingerprint density at radius 3 is 2.93 bits per heavy atom. The maximum Gasteiger partial charge on any atom is 0.357 e. The van der Waals surface area contributed by atoms with Gasteiger partial charge in [-0.3, -0.25) is 5.10 Å². The van der Waals surface area contributed by atoms with E-state index in [9.17, 15) is 4.79 Å². The molecule has 2 aromatic rings. The van der Waals surface area contributed by atoms with Crippen LogP contribution < -0.4 is 0 Å². The summed E-state index contributed by atoms with van der Waals surface area (Å²) in [5.74, 6) is -1.02. The molecule has 0 aliphatic carbocycles. The van der Waals surface area contributed by atoms with Crippen molar-refractivity contribution in [2.45, 2.75) is 0 Å². The van der Waals surface area contributed by atoms with E-state index in [4.69, 9.17) is 5.11 Å². The van der Waals surface area contributed by atoms with Crippen molar-refractivity contribution in [1.82, 2.24) is 10.2 Å². The number of rotatable bonds is 1. The zero-order valence-electron chi connectivity index (χ0n) is 6.71. The van der Waals surface area contributed by atoms with Crippen molar-refractivity contribution in [3.63, 3.8) is 0 Å². The molecule has 0 amide bonds. The second-order valence-corrected chi connectivity index (χ2v) is 4.77. The summed E-state index contributed by atoms with van der Waals surface area (Å²) < 4.78 is 1.76. The lowest BCUT2D eigenvalue weighted by molar-refractivity contribution is 0.0692. The fourth-order valence-electron chi connectivity index (χ4n) is 1.23. The second kappa shape index (κ2) is 3.50. The molecule has 0 aliphatic heterocycles. The van der Waals surface area contributed by atoms with Crippen molar-refractivity contribution in [1.29, 1.82) is 0 Å². The maximum absolute atomic E-state index is 10.8. The van der Waals surface area contributed by atoms with Gasteiger partial charge in [-0.2, -0.15) is 5.10 Å². The molecule has 1 heterocycles. The molecule has 4 nitrogen and oxygen atoms in total. The SMILES string of the molecule is O=C(O)c1n[nH]c2cc(Br)cc(I)c12. The van der Waals surface area contributed by atoms with Crippen LogP contribution in [-0.4, -0.2) is 21.3 Å². The van der Waals surface area contributed by atoms with Crippen LogP contribution in [-0.2, 0) is 0 Å². The summed E-state index contributed by atoms with van der Waals surface area (Å²) in [6.07, 6.45) is 0. The van der Waals surface area contributed by atoms with Crippen LogP contribution in [0.5, 0.6) is 0 Å². The van der Waals surface area contributed by atoms with Crippen molar-refractivity contribution in [2.75, 3.05) is 0 Å². The average molecular weight is 367 g/mol. The van der Waals surface area contributed by atoms with E-state index in [1.165, 1.54) is 0 Å². The zero-order chi connectivity index (χ0) is 10.3. The Balaban J connectivity index is 2.85. The number of carboxylic acid groups (broad SMARTS) is 1. The summed E-state index contributed by atoms with van der Waals surface area (Å²) >= 11 is 5.42. The van der Waals surface area contributed by atoms with Gasteiger partial charge in [0.1, 0.15) is 0 Å². The van der Waals surface area contributed by atoms with Crippen LogP contribution in [0.4, 0.5) is 0 Å². The third-order valence-electron chi connectivity index (χ3n) is 1.78. The Bertz CT molecular complexity index is 523. The van der Waals surface area contributed by atoms with E-state index in [0.717, 1.165) is 13.6 Å². The molecule has 0 atom stereocenters. The van der Waals surface area contributed by atoms with Gasteiger partial charge in [-0.05, 0) is 34.7 Å². The van der Waals surface area contributed by atoms with Crippen molar-refractivity contribution < 1.29 is 9.90 Å². The average Bonchev–Trinajstić information content (AvgIpc) is 2.47. The van der Waals surface area contributed by atoms with Gasteiger partial charge in [0.2, 0.25) is 0 Å². The van der Waals surface area contributed by atoms with E-state index in [1.807, 2.05) is 6.07 Å². The molecule has 2 rings (SSSR count). The summed E-state index contributed by atoms with van der Waals surface area (Å²) in [5, 5.41) is 16.0. The molecule has 0 aliphatic rings. The predicted octanol–water partition coefficient (Wildman–Crippen LogP) is 2.63. The Labute approximate surface area is 101 Å². The highest BCUT2D eigenvalue weighted by molar-refractivity contribution is 14.1. The number of benzene rings is 1. The normalized spacial score (nSPS) is 10.7. The molecule has 1 aromatic carbocycles. The Hall–Kier alpha value is -0.630. The summed E-state index contributed by atoms with van der Waals surface area (Å²) in [6.45, 7) is 0. The van der Waals surface area contributed by atoms with E-state index < -0.39 is 5.97 Å². The first-order chi connectivity index (χ1) is 6.59. The maximum atomic E-state index is 10.8. The van der Waals surface area contributed by atoms with Gasteiger partial charge in [0.15, 0.2) is 5.69 Å². The van der Waals surface area contributed by atoms with Crippen LogP contribution in [0.1, 0.15) is 10.5 Å². The standard InChI is InChI=1S/C8H4BrIN2O2/c9-3-1-4(10)6-5(2-3)11-12-7(6)8(13)14/h1-2H,(H,11,12)(H,13,14). The number of hydrogen-bond acceptors (Lipinski definition) is 2. The molecule has 0 spiro atoms. The van der Waals surface area contributed by atoms with Gasteiger partial charge in [-0.15, -0.1) is 0 Å². The molecule has 0 fully saturated rings. The first kappa shape index (κ1) is 9.91. The van der Waals surface area contributed by atoms with Crippen molar-refractivity contribution >= 4 is 55.4 Å². The number of carbonyl (C=O) groups is 1. The molecule has 0 saturated carbocycles. The number of halogens is 2. The summed E-state index contributed by atoms with van der Waals surface area (Å²) in [6, 6.07) is 3.65. The number of aromatic amines is 1. The number of aromatic carboxylic acids is 1. The van der Waals surface area contributed by atoms with Crippen LogP contribution in [0.2, 0.25) is 0 Å². The quantitative estimate of drug-likeness (QED) is 0.762. The fraction of sp³-hybridized carbons (Fsp3) is 0. The van der Waals surface area contributed by atoms with Crippen LogP contribution in [0.3, 0.4) is 0 Å². The van der Waals surface area contributed by atoms with Gasteiger partial charge in [-0.1, -0.05) is 15.9 Å². The number of H-pyrrole nitrogens is 1. The monoisotopic (exact) mass is 366 g/mol. The minimum absolute atomic E-state index is 0.0666. The summed E-state index contributed by atoms with van der Waals surface area (Å²) in [5.41, 5.74) is 0.790. The third kappa shape index (κ3) is 1.52. The van der Waals surface area contributed by atoms with E-state index in [1.54, 1.807) is 6.07 Å². The van der Waals surface area contributed by atoms with Gasteiger partial charge >= 0.3 is 5.97 Å². The highest BCUT2D eigenvalue weighted by Gasteiger charge is 2.15.